The zero-order valence-corrected chi connectivity index (χ0v) is 16.7. The summed E-state index contributed by atoms with van der Waals surface area (Å²) in [5.41, 5.74) is 5.04. The van der Waals surface area contributed by atoms with Crippen LogP contribution >= 0.6 is 15.9 Å². The molecule has 0 N–H and O–H groups in total. The van der Waals surface area contributed by atoms with Gasteiger partial charge >= 0.3 is 0 Å². The Balaban J connectivity index is 2.25. The molecule has 3 aromatic carbocycles. The lowest BCUT2D eigenvalue weighted by Gasteiger charge is -2.27. The zero-order valence-electron chi connectivity index (χ0n) is 15.1. The molecule has 0 radical (unpaired) electrons. The van der Waals surface area contributed by atoms with Crippen LogP contribution in [0.1, 0.15) is 12.5 Å². The van der Waals surface area contributed by atoms with Gasteiger partial charge in [-0.2, -0.15) is 0 Å². The van der Waals surface area contributed by atoms with Crippen LogP contribution in [0.15, 0.2) is 102 Å². The molecule has 0 aromatic heterocycles. The summed E-state index contributed by atoms with van der Waals surface area (Å²) in [7, 11) is 0. The maximum atomic E-state index is 5.84. The minimum Gasteiger partial charge on any atom is -0.310 e. The van der Waals surface area contributed by atoms with Gasteiger partial charge in [0.15, 0.2) is 0 Å². The quantitative estimate of drug-likeness (QED) is 0.308. The first-order valence-electron chi connectivity index (χ1n) is 8.74. The van der Waals surface area contributed by atoms with E-state index in [9.17, 15) is 0 Å². The van der Waals surface area contributed by atoms with Crippen LogP contribution in [0.25, 0.3) is 5.57 Å². The highest BCUT2D eigenvalue weighted by atomic mass is 79.9. The number of hydrogen-bond acceptors (Lipinski definition) is 1. The number of para-hydroxylation sites is 2. The number of terminal acetylenes is 1. The van der Waals surface area contributed by atoms with Crippen molar-refractivity contribution >= 4 is 38.6 Å². The fourth-order valence-electron chi connectivity index (χ4n) is 2.92. The number of hydrogen-bond donors (Lipinski definition) is 0. The Morgan fingerprint density at radius 2 is 1.63 bits per heavy atom. The summed E-state index contributed by atoms with van der Waals surface area (Å²) in [5.74, 6) is 2.84. The highest BCUT2D eigenvalue weighted by Crippen LogP contribution is 2.39. The molecule has 0 fully saturated rings. The summed E-state index contributed by atoms with van der Waals surface area (Å²) in [6.07, 6.45) is 11.8. The van der Waals surface area contributed by atoms with Gasteiger partial charge in [-0.15, -0.1) is 6.42 Å². The molecule has 0 heterocycles. The van der Waals surface area contributed by atoms with Crippen molar-refractivity contribution in [2.75, 3.05) is 4.90 Å². The molecule has 0 amide bonds. The van der Waals surface area contributed by atoms with Gasteiger partial charge < -0.3 is 4.90 Å². The van der Waals surface area contributed by atoms with Crippen LogP contribution in [0, 0.1) is 12.3 Å². The third kappa shape index (κ3) is 4.39. The van der Waals surface area contributed by atoms with E-state index < -0.39 is 0 Å². The van der Waals surface area contributed by atoms with Crippen molar-refractivity contribution in [1.29, 1.82) is 0 Å². The minimum absolute atomic E-state index is 0.847. The van der Waals surface area contributed by atoms with Gasteiger partial charge in [0.25, 0.3) is 0 Å². The van der Waals surface area contributed by atoms with Gasteiger partial charge in [0, 0.05) is 27.0 Å². The Bertz CT molecular complexity index is 1010. The van der Waals surface area contributed by atoms with Crippen molar-refractivity contribution in [2.45, 2.75) is 6.92 Å². The molecule has 0 spiro atoms. The summed E-state index contributed by atoms with van der Waals surface area (Å²) in [4.78, 5) is 2.22. The van der Waals surface area contributed by atoms with Crippen LogP contribution in [0.3, 0.4) is 0 Å². The van der Waals surface area contributed by atoms with Gasteiger partial charge in [-0.25, -0.2) is 0 Å². The van der Waals surface area contributed by atoms with Gasteiger partial charge in [0.2, 0.25) is 0 Å². The monoisotopic (exact) mass is 413 g/mol. The summed E-state index contributed by atoms with van der Waals surface area (Å²) in [6.45, 7) is 1.98. The largest absolute Gasteiger partial charge is 0.310 e. The Morgan fingerprint density at radius 1 is 0.926 bits per heavy atom. The maximum Gasteiger partial charge on any atom is 0.0546 e. The van der Waals surface area contributed by atoms with Crippen molar-refractivity contribution in [1.82, 2.24) is 0 Å². The molecule has 27 heavy (non-hydrogen) atoms. The summed E-state index contributed by atoms with van der Waals surface area (Å²) < 4.78 is 1.03. The van der Waals surface area contributed by atoms with E-state index in [0.717, 1.165) is 32.7 Å². The normalized spacial score (nSPS) is 11.4. The lowest BCUT2D eigenvalue weighted by Crippen LogP contribution is -2.11. The molecule has 0 saturated carbocycles. The molecule has 0 saturated heterocycles. The number of allylic oxidation sites excluding steroid dienone is 4. The van der Waals surface area contributed by atoms with E-state index in [2.05, 4.69) is 63.1 Å². The lowest BCUT2D eigenvalue weighted by atomic mass is 10.0. The Hall–Kier alpha value is -3.02. The number of halogens is 1. The van der Waals surface area contributed by atoms with Gasteiger partial charge in [-0.1, -0.05) is 76.5 Å². The second-order valence-corrected chi connectivity index (χ2v) is 6.83. The first kappa shape index (κ1) is 18.8. The van der Waals surface area contributed by atoms with Crippen LogP contribution in [0.5, 0.6) is 0 Å². The summed E-state index contributed by atoms with van der Waals surface area (Å²) >= 11 is 3.59. The van der Waals surface area contributed by atoms with Gasteiger partial charge in [0.05, 0.1) is 5.69 Å². The Kier molecular flexibility index (Phi) is 6.30. The number of benzene rings is 3. The molecule has 0 bridgehead atoms. The molecule has 1 nitrogen and oxygen atoms in total. The number of rotatable bonds is 5. The standard InChI is InChI=1S/C25H20BrN/c1-3-5-12-20(4-2)24-17-9-10-18-25(24)27(22-14-7-6-8-15-22)23-16-11-13-21(26)19-23/h2-3,5-19H,1H3/b5-3-,20-12+. The van der Waals surface area contributed by atoms with Crippen molar-refractivity contribution in [3.05, 3.63) is 107 Å². The second kappa shape index (κ2) is 9.07. The molecule has 0 unspecified atom stereocenters. The van der Waals surface area contributed by atoms with E-state index in [1.165, 1.54) is 0 Å². The van der Waals surface area contributed by atoms with Crippen molar-refractivity contribution in [2.24, 2.45) is 0 Å². The Morgan fingerprint density at radius 3 is 2.33 bits per heavy atom. The molecule has 0 atom stereocenters. The van der Waals surface area contributed by atoms with Crippen molar-refractivity contribution in [3.63, 3.8) is 0 Å². The van der Waals surface area contributed by atoms with E-state index in [0.29, 0.717) is 0 Å². The first-order chi connectivity index (χ1) is 13.2. The third-order valence-electron chi connectivity index (χ3n) is 4.13. The van der Waals surface area contributed by atoms with E-state index >= 15 is 0 Å². The van der Waals surface area contributed by atoms with Crippen molar-refractivity contribution in [3.8, 4) is 12.3 Å². The van der Waals surface area contributed by atoms with Crippen LogP contribution in [-0.4, -0.2) is 0 Å². The smallest absolute Gasteiger partial charge is 0.0546 e. The number of nitrogens with zero attached hydrogens (tertiary/aromatic N) is 1. The van der Waals surface area contributed by atoms with Crippen molar-refractivity contribution < 1.29 is 0 Å². The maximum absolute atomic E-state index is 5.84. The van der Waals surface area contributed by atoms with Crippen LogP contribution in [-0.2, 0) is 0 Å². The molecule has 3 rings (SSSR count). The summed E-state index contributed by atoms with van der Waals surface area (Å²) in [6, 6.07) is 26.8. The number of anilines is 3. The lowest BCUT2D eigenvalue weighted by molar-refractivity contribution is 1.27. The average Bonchev–Trinajstić information content (AvgIpc) is 2.71. The minimum atomic E-state index is 0.847. The zero-order chi connectivity index (χ0) is 19.1. The van der Waals surface area contributed by atoms with E-state index in [1.807, 2.05) is 67.6 Å². The molecule has 0 aliphatic rings. The van der Waals surface area contributed by atoms with Crippen LogP contribution < -0.4 is 4.90 Å². The predicted molar refractivity (Wildman–Crippen MR) is 120 cm³/mol. The molecular formula is C25H20BrN. The molecule has 2 heteroatoms. The van der Waals surface area contributed by atoms with Gasteiger partial charge in [-0.3, -0.25) is 0 Å². The highest BCUT2D eigenvalue weighted by molar-refractivity contribution is 9.10. The SMILES string of the molecule is C#C/C(=C\C=C/C)c1ccccc1N(c1ccccc1)c1cccc(Br)c1. The Labute approximate surface area is 169 Å². The van der Waals surface area contributed by atoms with E-state index in [1.54, 1.807) is 0 Å². The van der Waals surface area contributed by atoms with Crippen LogP contribution in [0.2, 0.25) is 0 Å². The van der Waals surface area contributed by atoms with Crippen LogP contribution in [0.4, 0.5) is 17.1 Å². The first-order valence-corrected chi connectivity index (χ1v) is 9.53. The highest BCUT2D eigenvalue weighted by Gasteiger charge is 2.17. The predicted octanol–water partition coefficient (Wildman–Crippen LogP) is 7.51. The fraction of sp³-hybridized carbons (Fsp3) is 0.0400. The topological polar surface area (TPSA) is 3.24 Å². The molecule has 3 aromatic rings. The fourth-order valence-corrected chi connectivity index (χ4v) is 3.31. The van der Waals surface area contributed by atoms with E-state index in [4.69, 9.17) is 6.42 Å². The molecule has 0 aliphatic heterocycles. The summed E-state index contributed by atoms with van der Waals surface area (Å²) in [5, 5.41) is 0. The van der Waals surface area contributed by atoms with E-state index in [-0.39, 0.29) is 0 Å². The molecule has 132 valence electrons. The molecular weight excluding hydrogens is 394 g/mol. The third-order valence-corrected chi connectivity index (χ3v) is 4.62. The van der Waals surface area contributed by atoms with Gasteiger partial charge in [-0.05, 0) is 49.4 Å². The average molecular weight is 414 g/mol. The molecule has 0 aliphatic carbocycles. The second-order valence-electron chi connectivity index (χ2n) is 5.92. The van der Waals surface area contributed by atoms with Gasteiger partial charge in [0.1, 0.15) is 0 Å².